The number of rotatable bonds is 8. The quantitative estimate of drug-likeness (QED) is 0.751. The van der Waals surface area contributed by atoms with Crippen LogP contribution < -0.4 is 10.6 Å². The third-order valence-corrected chi connectivity index (χ3v) is 2.90. The van der Waals surface area contributed by atoms with E-state index in [1.165, 1.54) is 12.8 Å². The van der Waals surface area contributed by atoms with Gasteiger partial charge in [-0.25, -0.2) is 0 Å². The molecule has 1 rings (SSSR count). The van der Waals surface area contributed by atoms with Crippen molar-refractivity contribution in [3.05, 3.63) is 5.89 Å². The fourth-order valence-corrected chi connectivity index (χ4v) is 1.93. The maximum Gasteiger partial charge on any atom is 0.265 e. The van der Waals surface area contributed by atoms with Gasteiger partial charge in [0.25, 0.3) is 5.95 Å². The van der Waals surface area contributed by atoms with Crippen LogP contribution in [-0.4, -0.2) is 30.8 Å². The van der Waals surface area contributed by atoms with Gasteiger partial charge in [-0.1, -0.05) is 19.8 Å². The smallest absolute Gasteiger partial charge is 0.265 e. The van der Waals surface area contributed by atoms with E-state index < -0.39 is 0 Å². The lowest BCUT2D eigenvalue weighted by Crippen LogP contribution is -2.11. The molecule has 5 heteroatoms. The Bertz CT molecular complexity index is 305. The zero-order chi connectivity index (χ0) is 12.7. The molecule has 98 valence electrons. The molecule has 0 saturated carbocycles. The van der Waals surface area contributed by atoms with Crippen molar-refractivity contribution < 1.29 is 4.52 Å². The van der Waals surface area contributed by atoms with Gasteiger partial charge in [0.2, 0.25) is 5.89 Å². The summed E-state index contributed by atoms with van der Waals surface area (Å²) in [7, 11) is 3.81. The summed E-state index contributed by atoms with van der Waals surface area (Å²) in [6.45, 7) is 2.97. The number of anilines is 1. The largest absolute Gasteiger partial charge is 0.344 e. The van der Waals surface area contributed by atoms with Crippen LogP contribution in [0.2, 0.25) is 0 Å². The molecule has 0 aliphatic heterocycles. The molecule has 1 heterocycles. The summed E-state index contributed by atoms with van der Waals surface area (Å²) in [5.41, 5.74) is 5.61. The van der Waals surface area contributed by atoms with E-state index in [-0.39, 0.29) is 0 Å². The van der Waals surface area contributed by atoms with E-state index in [4.69, 9.17) is 10.3 Å². The van der Waals surface area contributed by atoms with Gasteiger partial charge in [0.1, 0.15) is 0 Å². The molecule has 0 bridgehead atoms. The summed E-state index contributed by atoms with van der Waals surface area (Å²) in [5, 5.41) is 3.90. The van der Waals surface area contributed by atoms with Gasteiger partial charge in [-0.3, -0.25) is 0 Å². The van der Waals surface area contributed by atoms with Crippen LogP contribution >= 0.6 is 0 Å². The molecule has 0 saturated heterocycles. The summed E-state index contributed by atoms with van der Waals surface area (Å²) in [4.78, 5) is 6.16. The van der Waals surface area contributed by atoms with Crippen molar-refractivity contribution in [1.29, 1.82) is 0 Å². The van der Waals surface area contributed by atoms with E-state index in [1.807, 2.05) is 19.0 Å². The van der Waals surface area contributed by atoms with E-state index in [0.29, 0.717) is 11.9 Å². The third-order valence-electron chi connectivity index (χ3n) is 2.90. The molecule has 0 spiro atoms. The minimum atomic E-state index is 0.644. The van der Waals surface area contributed by atoms with Crippen molar-refractivity contribution in [1.82, 2.24) is 10.1 Å². The molecule has 0 fully saturated rings. The van der Waals surface area contributed by atoms with E-state index in [0.717, 1.165) is 31.7 Å². The first-order valence-electron chi connectivity index (χ1n) is 6.37. The van der Waals surface area contributed by atoms with Crippen LogP contribution in [0, 0.1) is 5.92 Å². The van der Waals surface area contributed by atoms with Gasteiger partial charge in [0, 0.05) is 20.5 Å². The topological polar surface area (TPSA) is 68.2 Å². The molecule has 0 aliphatic carbocycles. The maximum atomic E-state index is 5.61. The number of nitrogens with zero attached hydrogens (tertiary/aromatic N) is 3. The van der Waals surface area contributed by atoms with Gasteiger partial charge < -0.3 is 15.2 Å². The zero-order valence-electron chi connectivity index (χ0n) is 11.1. The molecule has 1 unspecified atom stereocenters. The van der Waals surface area contributed by atoms with E-state index in [9.17, 15) is 0 Å². The SMILES string of the molecule is CCCC(CCN)CCc1nc(N(C)C)no1. The van der Waals surface area contributed by atoms with E-state index in [1.54, 1.807) is 0 Å². The summed E-state index contributed by atoms with van der Waals surface area (Å²) in [5.74, 6) is 2.05. The van der Waals surface area contributed by atoms with Crippen LogP contribution in [0.5, 0.6) is 0 Å². The molecule has 1 atom stereocenters. The monoisotopic (exact) mass is 240 g/mol. The van der Waals surface area contributed by atoms with Crippen LogP contribution in [0.15, 0.2) is 4.52 Å². The lowest BCUT2D eigenvalue weighted by atomic mass is 9.94. The van der Waals surface area contributed by atoms with Crippen molar-refractivity contribution in [2.24, 2.45) is 11.7 Å². The normalized spacial score (nSPS) is 12.7. The van der Waals surface area contributed by atoms with Crippen molar-refractivity contribution >= 4 is 5.95 Å². The fourth-order valence-electron chi connectivity index (χ4n) is 1.93. The number of aromatic nitrogens is 2. The maximum absolute atomic E-state index is 5.61. The first kappa shape index (κ1) is 14.0. The average Bonchev–Trinajstić information content (AvgIpc) is 2.75. The zero-order valence-corrected chi connectivity index (χ0v) is 11.1. The van der Waals surface area contributed by atoms with E-state index in [2.05, 4.69) is 17.1 Å². The number of hydrogen-bond donors (Lipinski definition) is 1. The summed E-state index contributed by atoms with van der Waals surface area (Å²) < 4.78 is 5.20. The predicted octanol–water partition coefficient (Wildman–Crippen LogP) is 1.83. The second kappa shape index (κ2) is 7.27. The van der Waals surface area contributed by atoms with Crippen LogP contribution in [0.1, 0.15) is 38.5 Å². The highest BCUT2D eigenvalue weighted by Gasteiger charge is 2.11. The van der Waals surface area contributed by atoms with Crippen molar-refractivity contribution in [2.45, 2.75) is 39.0 Å². The molecule has 1 aromatic rings. The molecule has 0 amide bonds. The first-order chi connectivity index (χ1) is 8.17. The average molecular weight is 240 g/mol. The van der Waals surface area contributed by atoms with Crippen molar-refractivity contribution in [2.75, 3.05) is 25.5 Å². The van der Waals surface area contributed by atoms with Crippen LogP contribution in [-0.2, 0) is 6.42 Å². The molecule has 0 aromatic carbocycles. The van der Waals surface area contributed by atoms with E-state index >= 15 is 0 Å². The summed E-state index contributed by atoms with van der Waals surface area (Å²) in [6.07, 6.45) is 5.46. The van der Waals surface area contributed by atoms with Crippen molar-refractivity contribution in [3.63, 3.8) is 0 Å². The Labute approximate surface area is 103 Å². The molecule has 5 nitrogen and oxygen atoms in total. The second-order valence-corrected chi connectivity index (χ2v) is 4.65. The highest BCUT2D eigenvalue weighted by atomic mass is 16.5. The molecule has 1 aromatic heterocycles. The minimum Gasteiger partial charge on any atom is -0.344 e. The molecule has 0 radical (unpaired) electrons. The number of nitrogens with two attached hydrogens (primary N) is 1. The van der Waals surface area contributed by atoms with Crippen LogP contribution in [0.25, 0.3) is 0 Å². The number of hydrogen-bond acceptors (Lipinski definition) is 5. The lowest BCUT2D eigenvalue weighted by Gasteiger charge is -2.13. The Balaban J connectivity index is 2.41. The highest BCUT2D eigenvalue weighted by molar-refractivity contribution is 5.23. The van der Waals surface area contributed by atoms with Gasteiger partial charge in [0.15, 0.2) is 0 Å². The minimum absolute atomic E-state index is 0.644. The predicted molar refractivity (Wildman–Crippen MR) is 69.0 cm³/mol. The second-order valence-electron chi connectivity index (χ2n) is 4.65. The van der Waals surface area contributed by atoms with Gasteiger partial charge in [0.05, 0.1) is 0 Å². The summed E-state index contributed by atoms with van der Waals surface area (Å²) >= 11 is 0. The van der Waals surface area contributed by atoms with Crippen LogP contribution in [0.3, 0.4) is 0 Å². The standard InChI is InChI=1S/C12H24N4O/c1-4-5-10(8-9-13)6-7-11-14-12(15-17-11)16(2)3/h10H,4-9,13H2,1-3H3. The third kappa shape index (κ3) is 4.73. The molecular formula is C12H24N4O. The molecule has 2 N–H and O–H groups in total. The molecule has 17 heavy (non-hydrogen) atoms. The van der Waals surface area contributed by atoms with Gasteiger partial charge in [-0.15, -0.1) is 0 Å². The van der Waals surface area contributed by atoms with Gasteiger partial charge >= 0.3 is 0 Å². The van der Waals surface area contributed by atoms with Crippen LogP contribution in [0.4, 0.5) is 5.95 Å². The summed E-state index contributed by atoms with van der Waals surface area (Å²) in [6, 6.07) is 0. The molecular weight excluding hydrogens is 216 g/mol. The lowest BCUT2D eigenvalue weighted by molar-refractivity contribution is 0.349. The van der Waals surface area contributed by atoms with Gasteiger partial charge in [-0.05, 0) is 30.5 Å². The molecule has 0 aliphatic rings. The Morgan fingerprint density at radius 3 is 2.59 bits per heavy atom. The number of aryl methyl sites for hydroxylation is 1. The Morgan fingerprint density at radius 2 is 2.06 bits per heavy atom. The Kier molecular flexibility index (Phi) is 5.97. The van der Waals surface area contributed by atoms with Gasteiger partial charge in [-0.2, -0.15) is 4.98 Å². The Hall–Kier alpha value is -1.10. The highest BCUT2D eigenvalue weighted by Crippen LogP contribution is 2.18. The first-order valence-corrected chi connectivity index (χ1v) is 6.37. The Morgan fingerprint density at radius 1 is 1.29 bits per heavy atom. The fraction of sp³-hybridized carbons (Fsp3) is 0.833. The van der Waals surface area contributed by atoms with Crippen molar-refractivity contribution in [3.8, 4) is 0 Å².